The first-order valence-corrected chi connectivity index (χ1v) is 12.4. The molecule has 3 aromatic carbocycles. The summed E-state index contributed by atoms with van der Waals surface area (Å²) < 4.78 is 10.6. The van der Waals surface area contributed by atoms with E-state index in [2.05, 4.69) is 5.32 Å². The Hall–Kier alpha value is -2.67. The number of hydrogen-bond donors (Lipinski definition) is 2. The van der Waals surface area contributed by atoms with Gasteiger partial charge in [0.1, 0.15) is 12.4 Å². The van der Waals surface area contributed by atoms with Crippen molar-refractivity contribution in [1.82, 2.24) is 5.32 Å². The van der Waals surface area contributed by atoms with Crippen LogP contribution in [0.4, 0.5) is 4.79 Å². The highest BCUT2D eigenvalue weighted by Crippen LogP contribution is 2.33. The largest absolute Gasteiger partial charge is 0.489 e. The number of alkyl carbamates (subject to hydrolysis) is 1. The molecule has 1 amide bonds. The molecule has 34 heavy (non-hydrogen) atoms. The highest BCUT2D eigenvalue weighted by Gasteiger charge is 2.29. The van der Waals surface area contributed by atoms with Gasteiger partial charge in [0, 0.05) is 14.8 Å². The van der Waals surface area contributed by atoms with Crippen molar-refractivity contribution in [2.75, 3.05) is 13.7 Å². The molecule has 0 aromatic heterocycles. The second kappa shape index (κ2) is 12.7. The van der Waals surface area contributed by atoms with E-state index in [1.165, 1.54) is 7.11 Å². The Morgan fingerprint density at radius 2 is 1.82 bits per heavy atom. The standard InChI is InChI=1S/C27H30ClNO4S/c1-3-27(19-30,29-26(31)32-2)15-14-21-12-13-24(17-25(21)28)34-23-11-7-10-22(16-23)33-18-20-8-5-4-6-9-20/h4-13,16-17,30H,3,14-15,18-19H2,1-2H3,(H,29,31). The van der Waals surface area contributed by atoms with Crippen LogP contribution in [0.25, 0.3) is 0 Å². The molecule has 180 valence electrons. The van der Waals surface area contributed by atoms with Crippen LogP contribution in [0.15, 0.2) is 82.6 Å². The lowest BCUT2D eigenvalue weighted by atomic mass is 9.89. The van der Waals surface area contributed by atoms with Crippen molar-refractivity contribution in [3.8, 4) is 5.75 Å². The van der Waals surface area contributed by atoms with E-state index in [0.29, 0.717) is 30.9 Å². The molecule has 0 saturated carbocycles. The number of aliphatic hydroxyl groups excluding tert-OH is 1. The first-order chi connectivity index (χ1) is 16.5. The van der Waals surface area contributed by atoms with Crippen molar-refractivity contribution in [2.45, 2.75) is 48.1 Å². The normalized spacial score (nSPS) is 12.6. The Balaban J connectivity index is 1.62. The molecule has 1 unspecified atom stereocenters. The van der Waals surface area contributed by atoms with Gasteiger partial charge in [-0.1, -0.05) is 72.8 Å². The molecule has 0 heterocycles. The van der Waals surface area contributed by atoms with E-state index in [9.17, 15) is 9.90 Å². The molecule has 0 fully saturated rings. The van der Waals surface area contributed by atoms with Crippen LogP contribution in [0.1, 0.15) is 30.9 Å². The number of carbonyl (C=O) groups is 1. The molecule has 5 nitrogen and oxygen atoms in total. The SMILES string of the molecule is CCC(CO)(CCc1ccc(Sc2cccc(OCc3ccccc3)c2)cc1Cl)NC(=O)OC. The highest BCUT2D eigenvalue weighted by atomic mass is 35.5. The molecule has 1 atom stereocenters. The fourth-order valence-electron chi connectivity index (χ4n) is 3.50. The van der Waals surface area contributed by atoms with Gasteiger partial charge in [-0.05, 0) is 60.7 Å². The maximum absolute atomic E-state index is 11.7. The zero-order chi connectivity index (χ0) is 24.4. The summed E-state index contributed by atoms with van der Waals surface area (Å²) in [5.74, 6) is 0.814. The lowest BCUT2D eigenvalue weighted by Gasteiger charge is -2.31. The van der Waals surface area contributed by atoms with Gasteiger partial charge in [0.15, 0.2) is 0 Å². The topological polar surface area (TPSA) is 67.8 Å². The van der Waals surface area contributed by atoms with E-state index < -0.39 is 11.6 Å². The van der Waals surface area contributed by atoms with Crippen LogP contribution in [-0.2, 0) is 17.8 Å². The number of benzene rings is 3. The fraction of sp³-hybridized carbons (Fsp3) is 0.296. The van der Waals surface area contributed by atoms with Gasteiger partial charge in [-0.25, -0.2) is 4.79 Å². The Morgan fingerprint density at radius 3 is 2.50 bits per heavy atom. The quantitative estimate of drug-likeness (QED) is 0.315. The van der Waals surface area contributed by atoms with Gasteiger partial charge in [0.25, 0.3) is 0 Å². The van der Waals surface area contributed by atoms with Crippen molar-refractivity contribution in [2.24, 2.45) is 0 Å². The van der Waals surface area contributed by atoms with Gasteiger partial charge < -0.3 is 19.9 Å². The summed E-state index contributed by atoms with van der Waals surface area (Å²) in [5.41, 5.74) is 1.34. The molecular formula is C27H30ClNO4S. The van der Waals surface area contributed by atoms with Crippen LogP contribution in [0.5, 0.6) is 5.75 Å². The van der Waals surface area contributed by atoms with Crippen LogP contribution in [0.3, 0.4) is 0 Å². The molecule has 3 rings (SSSR count). The Kier molecular flexibility index (Phi) is 9.69. The van der Waals surface area contributed by atoms with Crippen LogP contribution in [0, 0.1) is 0 Å². The van der Waals surface area contributed by atoms with Crippen LogP contribution in [0.2, 0.25) is 5.02 Å². The number of halogens is 1. The average Bonchev–Trinajstić information content (AvgIpc) is 2.87. The van der Waals surface area contributed by atoms with Crippen molar-refractivity contribution in [3.63, 3.8) is 0 Å². The number of hydrogen-bond acceptors (Lipinski definition) is 5. The Morgan fingerprint density at radius 1 is 1.06 bits per heavy atom. The minimum atomic E-state index is -0.746. The van der Waals surface area contributed by atoms with Gasteiger partial charge in [-0.15, -0.1) is 0 Å². The molecule has 0 aliphatic heterocycles. The van der Waals surface area contributed by atoms with Gasteiger partial charge in [0.05, 0.1) is 19.3 Å². The first-order valence-electron chi connectivity index (χ1n) is 11.2. The lowest BCUT2D eigenvalue weighted by molar-refractivity contribution is 0.118. The summed E-state index contributed by atoms with van der Waals surface area (Å²) in [4.78, 5) is 13.8. The lowest BCUT2D eigenvalue weighted by Crippen LogP contribution is -2.51. The summed E-state index contributed by atoms with van der Waals surface area (Å²) in [6.45, 7) is 2.27. The van der Waals surface area contributed by atoms with Gasteiger partial charge in [0.2, 0.25) is 0 Å². The van der Waals surface area contributed by atoms with E-state index in [1.54, 1.807) is 11.8 Å². The monoisotopic (exact) mass is 499 g/mol. The second-order valence-electron chi connectivity index (χ2n) is 8.01. The Labute approximate surface area is 210 Å². The van der Waals surface area contributed by atoms with Crippen LogP contribution < -0.4 is 10.1 Å². The number of rotatable bonds is 11. The minimum absolute atomic E-state index is 0.174. The molecule has 0 aliphatic carbocycles. The molecule has 0 bridgehead atoms. The number of carbonyl (C=O) groups excluding carboxylic acids is 1. The first kappa shape index (κ1) is 25.9. The minimum Gasteiger partial charge on any atom is -0.489 e. The van der Waals surface area contributed by atoms with E-state index in [-0.39, 0.29) is 6.61 Å². The summed E-state index contributed by atoms with van der Waals surface area (Å²) >= 11 is 8.19. The number of nitrogens with one attached hydrogen (secondary N) is 1. The molecule has 0 saturated heterocycles. The van der Waals surface area contributed by atoms with Crippen LogP contribution >= 0.6 is 23.4 Å². The molecule has 0 spiro atoms. The predicted octanol–water partition coefficient (Wildman–Crippen LogP) is 6.50. The zero-order valence-electron chi connectivity index (χ0n) is 19.4. The van der Waals surface area contributed by atoms with Crippen LogP contribution in [-0.4, -0.2) is 30.5 Å². The predicted molar refractivity (Wildman–Crippen MR) is 137 cm³/mol. The van der Waals surface area contributed by atoms with Crippen molar-refractivity contribution >= 4 is 29.5 Å². The Bertz CT molecular complexity index is 1070. The molecule has 0 aliphatic rings. The van der Waals surface area contributed by atoms with E-state index in [0.717, 1.165) is 26.7 Å². The number of aryl methyl sites for hydroxylation is 1. The summed E-state index contributed by atoms with van der Waals surface area (Å²) in [7, 11) is 1.31. The number of aliphatic hydroxyl groups is 1. The second-order valence-corrected chi connectivity index (χ2v) is 9.57. The fourth-order valence-corrected chi connectivity index (χ4v) is 4.74. The van der Waals surface area contributed by atoms with Crippen molar-refractivity contribution < 1.29 is 19.4 Å². The molecule has 0 radical (unpaired) electrons. The van der Waals surface area contributed by atoms with E-state index in [1.807, 2.05) is 79.7 Å². The highest BCUT2D eigenvalue weighted by molar-refractivity contribution is 7.99. The summed E-state index contributed by atoms with van der Waals surface area (Å²) in [6.07, 6.45) is 1.18. The number of amides is 1. The maximum Gasteiger partial charge on any atom is 0.407 e. The smallest absolute Gasteiger partial charge is 0.407 e. The van der Waals surface area contributed by atoms with E-state index >= 15 is 0 Å². The van der Waals surface area contributed by atoms with Gasteiger partial charge in [-0.3, -0.25) is 0 Å². The summed E-state index contributed by atoms with van der Waals surface area (Å²) in [5, 5.41) is 13.3. The van der Waals surface area contributed by atoms with Gasteiger partial charge >= 0.3 is 6.09 Å². The molecule has 7 heteroatoms. The number of methoxy groups -OCH3 is 1. The molecule has 2 N–H and O–H groups in total. The van der Waals surface area contributed by atoms with Crippen molar-refractivity contribution in [1.29, 1.82) is 0 Å². The summed E-state index contributed by atoms with van der Waals surface area (Å²) in [6, 6.07) is 24.0. The third-order valence-electron chi connectivity index (χ3n) is 5.72. The molecule has 3 aromatic rings. The average molecular weight is 500 g/mol. The number of ether oxygens (including phenoxy) is 2. The van der Waals surface area contributed by atoms with Gasteiger partial charge in [-0.2, -0.15) is 0 Å². The van der Waals surface area contributed by atoms with E-state index in [4.69, 9.17) is 21.1 Å². The third kappa shape index (κ3) is 7.42. The van der Waals surface area contributed by atoms with Crippen molar-refractivity contribution in [3.05, 3.63) is 88.9 Å². The third-order valence-corrected chi connectivity index (χ3v) is 7.05. The maximum atomic E-state index is 11.7. The zero-order valence-corrected chi connectivity index (χ0v) is 21.0. The molecular weight excluding hydrogens is 470 g/mol.